The first-order valence-electron chi connectivity index (χ1n) is 7.46. The summed E-state index contributed by atoms with van der Waals surface area (Å²) >= 11 is 0. The lowest BCUT2D eigenvalue weighted by Gasteiger charge is -2.33. The summed E-state index contributed by atoms with van der Waals surface area (Å²) in [7, 11) is -3.15. The molecule has 0 spiro atoms. The third kappa shape index (κ3) is 3.16. The maximum absolute atomic E-state index is 13.3. The molecule has 2 atom stereocenters. The Morgan fingerprint density at radius 1 is 1.17 bits per heavy atom. The summed E-state index contributed by atoms with van der Waals surface area (Å²) < 4.78 is 76.0. The van der Waals surface area contributed by atoms with Gasteiger partial charge in [-0.25, -0.2) is 12.8 Å². The fourth-order valence-corrected chi connectivity index (χ4v) is 5.75. The Labute approximate surface area is 132 Å². The lowest BCUT2D eigenvalue weighted by Crippen LogP contribution is -2.39. The summed E-state index contributed by atoms with van der Waals surface area (Å²) in [6.45, 7) is 0. The number of rotatable bonds is 2. The molecule has 2 bridgehead atoms. The molecule has 2 nitrogen and oxygen atoms in total. The maximum Gasteiger partial charge on any atom is 0.419 e. The van der Waals surface area contributed by atoms with E-state index < -0.39 is 37.9 Å². The van der Waals surface area contributed by atoms with Crippen LogP contribution < -0.4 is 0 Å². The van der Waals surface area contributed by atoms with Crippen LogP contribution in [0.25, 0.3) is 0 Å². The van der Waals surface area contributed by atoms with Crippen LogP contribution in [0.15, 0.2) is 29.8 Å². The molecule has 7 heteroatoms. The Bertz CT molecular complexity index is 750. The Kier molecular flexibility index (Phi) is 4.02. The molecule has 126 valence electrons. The summed E-state index contributed by atoms with van der Waals surface area (Å²) in [6, 6.07) is 2.96. The largest absolute Gasteiger partial charge is 0.419 e. The number of hydrogen-bond acceptors (Lipinski definition) is 2. The van der Waals surface area contributed by atoms with Gasteiger partial charge in [-0.3, -0.25) is 0 Å². The van der Waals surface area contributed by atoms with Crippen molar-refractivity contribution in [2.24, 2.45) is 0 Å². The molecule has 2 aliphatic heterocycles. The summed E-state index contributed by atoms with van der Waals surface area (Å²) in [4.78, 5) is 0. The fraction of sp³-hybridized carbons (Fsp3) is 0.500. The monoisotopic (exact) mass is 348 g/mol. The van der Waals surface area contributed by atoms with Gasteiger partial charge in [0.15, 0.2) is 9.84 Å². The van der Waals surface area contributed by atoms with E-state index in [2.05, 4.69) is 0 Å². The van der Waals surface area contributed by atoms with Crippen LogP contribution in [0.2, 0.25) is 0 Å². The Morgan fingerprint density at radius 2 is 1.91 bits per heavy atom. The minimum Gasteiger partial charge on any atom is -0.228 e. The normalized spacial score (nSPS) is 26.7. The van der Waals surface area contributed by atoms with Gasteiger partial charge in [-0.15, -0.1) is 0 Å². The van der Waals surface area contributed by atoms with Gasteiger partial charge in [-0.2, -0.15) is 13.2 Å². The highest BCUT2D eigenvalue weighted by Gasteiger charge is 2.40. The van der Waals surface area contributed by atoms with Crippen molar-refractivity contribution in [3.05, 3.63) is 46.8 Å². The first-order valence-corrected chi connectivity index (χ1v) is 9.07. The molecular formula is C16H16F4O2S. The van der Waals surface area contributed by atoms with Gasteiger partial charge < -0.3 is 0 Å². The van der Waals surface area contributed by atoms with Crippen LogP contribution in [0, 0.1) is 5.82 Å². The molecule has 2 heterocycles. The van der Waals surface area contributed by atoms with Gasteiger partial charge in [0.05, 0.1) is 16.1 Å². The van der Waals surface area contributed by atoms with E-state index in [1.807, 2.05) is 0 Å². The van der Waals surface area contributed by atoms with Gasteiger partial charge in [0, 0.05) is 0 Å². The predicted octanol–water partition coefficient (Wildman–Crippen LogP) is 4.05. The lowest BCUT2D eigenvalue weighted by molar-refractivity contribution is -0.140. The molecule has 1 aromatic rings. The second-order valence-corrected chi connectivity index (χ2v) is 8.65. The zero-order valence-corrected chi connectivity index (χ0v) is 13.1. The van der Waals surface area contributed by atoms with Crippen LogP contribution in [0.4, 0.5) is 17.6 Å². The third-order valence-electron chi connectivity index (χ3n) is 4.58. The van der Waals surface area contributed by atoms with Crippen LogP contribution in [-0.2, 0) is 22.4 Å². The third-order valence-corrected chi connectivity index (χ3v) is 7.13. The molecule has 2 unspecified atom stereocenters. The molecule has 0 radical (unpaired) electrons. The van der Waals surface area contributed by atoms with Crippen molar-refractivity contribution in [3.8, 4) is 0 Å². The van der Waals surface area contributed by atoms with Crippen molar-refractivity contribution in [3.63, 3.8) is 0 Å². The maximum atomic E-state index is 13.3. The van der Waals surface area contributed by atoms with Crippen molar-refractivity contribution in [1.29, 1.82) is 0 Å². The second-order valence-electron chi connectivity index (χ2n) is 6.20. The van der Waals surface area contributed by atoms with Crippen LogP contribution in [0.1, 0.15) is 36.8 Å². The highest BCUT2D eigenvalue weighted by Crippen LogP contribution is 2.37. The Hall–Kier alpha value is -1.37. The number of fused-ring (bicyclic) bond motifs is 2. The van der Waals surface area contributed by atoms with E-state index in [-0.39, 0.29) is 6.42 Å². The lowest BCUT2D eigenvalue weighted by atomic mass is 9.93. The van der Waals surface area contributed by atoms with E-state index in [9.17, 15) is 26.0 Å². The van der Waals surface area contributed by atoms with Crippen molar-refractivity contribution in [2.45, 2.75) is 48.8 Å². The number of halogens is 4. The van der Waals surface area contributed by atoms with Crippen LogP contribution in [-0.4, -0.2) is 18.9 Å². The zero-order valence-electron chi connectivity index (χ0n) is 12.2. The first-order chi connectivity index (χ1) is 10.7. The molecule has 2 aliphatic rings. The van der Waals surface area contributed by atoms with E-state index in [0.717, 1.165) is 24.1 Å². The first kappa shape index (κ1) is 16.5. The van der Waals surface area contributed by atoms with Crippen LogP contribution in [0.5, 0.6) is 0 Å². The quantitative estimate of drug-likeness (QED) is 0.597. The van der Waals surface area contributed by atoms with E-state index in [0.29, 0.717) is 24.8 Å². The average Bonchev–Trinajstić information content (AvgIpc) is 2.40. The molecule has 1 saturated heterocycles. The minimum atomic E-state index is -4.74. The average molecular weight is 348 g/mol. The molecule has 0 saturated carbocycles. The summed E-state index contributed by atoms with van der Waals surface area (Å²) in [6.07, 6.45) is -0.438. The van der Waals surface area contributed by atoms with Crippen molar-refractivity contribution in [2.75, 3.05) is 0 Å². The van der Waals surface area contributed by atoms with E-state index >= 15 is 0 Å². The van der Waals surface area contributed by atoms with Crippen molar-refractivity contribution < 1.29 is 26.0 Å². The molecule has 3 rings (SSSR count). The van der Waals surface area contributed by atoms with Crippen LogP contribution in [0.3, 0.4) is 0 Å². The topological polar surface area (TPSA) is 34.1 Å². The van der Waals surface area contributed by atoms with E-state index in [4.69, 9.17) is 0 Å². The molecule has 0 N–H and O–H groups in total. The van der Waals surface area contributed by atoms with E-state index in [1.165, 1.54) is 6.07 Å². The van der Waals surface area contributed by atoms with Crippen LogP contribution >= 0.6 is 0 Å². The molecular weight excluding hydrogens is 332 g/mol. The number of sulfone groups is 1. The Morgan fingerprint density at radius 3 is 2.57 bits per heavy atom. The number of alkyl halides is 3. The van der Waals surface area contributed by atoms with Gasteiger partial charge in [0.1, 0.15) is 5.82 Å². The molecule has 0 amide bonds. The molecule has 1 aromatic carbocycles. The number of benzene rings is 1. The SMILES string of the molecule is O=S1(=O)C2C=C(Cc3ccc(F)c(C(F)(F)F)c3)CC1CCC2. The summed E-state index contributed by atoms with van der Waals surface area (Å²) in [5.41, 5.74) is -0.101. The highest BCUT2D eigenvalue weighted by atomic mass is 32.2. The smallest absolute Gasteiger partial charge is 0.228 e. The second kappa shape index (κ2) is 5.61. The zero-order chi connectivity index (χ0) is 16.8. The molecule has 0 aliphatic carbocycles. The Balaban J connectivity index is 1.87. The molecule has 23 heavy (non-hydrogen) atoms. The van der Waals surface area contributed by atoms with Gasteiger partial charge in [-0.1, -0.05) is 24.1 Å². The van der Waals surface area contributed by atoms with Gasteiger partial charge in [0.2, 0.25) is 0 Å². The fourth-order valence-electron chi connectivity index (χ4n) is 3.44. The minimum absolute atomic E-state index is 0.228. The van der Waals surface area contributed by atoms with Crippen molar-refractivity contribution in [1.82, 2.24) is 0 Å². The predicted molar refractivity (Wildman–Crippen MR) is 78.2 cm³/mol. The van der Waals surface area contributed by atoms with Gasteiger partial charge in [-0.05, 0) is 43.4 Å². The molecule has 1 fully saturated rings. The number of hydrogen-bond donors (Lipinski definition) is 0. The van der Waals surface area contributed by atoms with E-state index in [1.54, 1.807) is 6.08 Å². The van der Waals surface area contributed by atoms with Gasteiger partial charge in [0.25, 0.3) is 0 Å². The summed E-state index contributed by atoms with van der Waals surface area (Å²) in [5.74, 6) is -1.29. The summed E-state index contributed by atoms with van der Waals surface area (Å²) in [5, 5.41) is -0.948. The van der Waals surface area contributed by atoms with Crippen molar-refractivity contribution >= 4 is 9.84 Å². The molecule has 0 aromatic heterocycles. The highest BCUT2D eigenvalue weighted by molar-refractivity contribution is 7.92. The standard InChI is InChI=1S/C16H16F4O2S/c17-15-5-4-10(9-14(15)16(18,19)20)6-11-7-12-2-1-3-13(8-11)23(12,21)22/h4-5,7,9,12-13H,1-3,6,8H2. The number of allylic oxidation sites excluding steroid dienone is 1. The van der Waals surface area contributed by atoms with Gasteiger partial charge >= 0.3 is 6.18 Å².